The fourth-order valence-corrected chi connectivity index (χ4v) is 3.43. The van der Waals surface area contributed by atoms with Crippen LogP contribution in [0, 0.1) is 0 Å². The van der Waals surface area contributed by atoms with E-state index in [1.807, 2.05) is 10.6 Å². The van der Waals surface area contributed by atoms with E-state index in [1.165, 1.54) is 0 Å². The molecule has 1 fully saturated rings. The number of methoxy groups -OCH3 is 1. The van der Waals surface area contributed by atoms with Gasteiger partial charge in [0.25, 0.3) is 5.91 Å². The molecule has 1 aliphatic rings. The monoisotopic (exact) mass is 383 g/mol. The third kappa shape index (κ3) is 3.62. The molecule has 0 atom stereocenters. The van der Waals surface area contributed by atoms with Crippen molar-refractivity contribution in [2.24, 2.45) is 0 Å². The molecule has 1 amide bonds. The molecule has 0 bridgehead atoms. The molecular formula is C16H22BrN3O3. The van der Waals surface area contributed by atoms with E-state index >= 15 is 0 Å². The van der Waals surface area contributed by atoms with Crippen LogP contribution in [0.4, 0.5) is 0 Å². The highest BCUT2D eigenvalue weighted by Crippen LogP contribution is 2.27. The van der Waals surface area contributed by atoms with E-state index in [-0.39, 0.29) is 11.9 Å². The van der Waals surface area contributed by atoms with E-state index in [0.29, 0.717) is 29.1 Å². The van der Waals surface area contributed by atoms with E-state index < -0.39 is 0 Å². The minimum Gasteiger partial charge on any atom is -0.448 e. The summed E-state index contributed by atoms with van der Waals surface area (Å²) in [6, 6.07) is 3.93. The first kappa shape index (κ1) is 16.5. The summed E-state index contributed by atoms with van der Waals surface area (Å²) in [7, 11) is 3.77. The van der Waals surface area contributed by atoms with Crippen molar-refractivity contribution >= 4 is 32.9 Å². The van der Waals surface area contributed by atoms with Crippen molar-refractivity contribution in [1.82, 2.24) is 14.8 Å². The van der Waals surface area contributed by atoms with Crippen LogP contribution in [0.2, 0.25) is 0 Å². The number of carbonyl (C=O) groups excluding carboxylic acids is 1. The largest absolute Gasteiger partial charge is 0.448 e. The molecular weight excluding hydrogens is 362 g/mol. The van der Waals surface area contributed by atoms with Crippen LogP contribution in [0.1, 0.15) is 23.3 Å². The van der Waals surface area contributed by atoms with Crippen LogP contribution in [0.5, 0.6) is 0 Å². The highest BCUT2D eigenvalue weighted by molar-refractivity contribution is 9.10. The quantitative estimate of drug-likeness (QED) is 0.861. The van der Waals surface area contributed by atoms with Gasteiger partial charge in [0.2, 0.25) is 0 Å². The smallest absolute Gasteiger partial charge is 0.268 e. The fourth-order valence-electron chi connectivity index (χ4n) is 3.04. The second-order valence-corrected chi connectivity index (χ2v) is 6.81. The maximum absolute atomic E-state index is 12.7. The third-order valence-electron chi connectivity index (χ3n) is 4.36. The second-order valence-electron chi connectivity index (χ2n) is 6.03. The first-order chi connectivity index (χ1) is 11.1. The summed E-state index contributed by atoms with van der Waals surface area (Å²) < 4.78 is 13.4. The first-order valence-corrected chi connectivity index (χ1v) is 8.64. The normalized spacial score (nSPS) is 17.0. The average Bonchev–Trinajstić information content (AvgIpc) is 3.04. The molecule has 1 aliphatic heterocycles. The molecule has 0 aromatic carbocycles. The van der Waals surface area contributed by atoms with E-state index in [1.54, 1.807) is 13.2 Å². The number of hydrogen-bond acceptors (Lipinski definition) is 4. The Morgan fingerprint density at radius 2 is 2.17 bits per heavy atom. The molecule has 3 rings (SSSR count). The van der Waals surface area contributed by atoms with Gasteiger partial charge in [0.15, 0.2) is 10.3 Å². The van der Waals surface area contributed by atoms with Gasteiger partial charge in [-0.1, -0.05) is 0 Å². The van der Waals surface area contributed by atoms with Gasteiger partial charge in [0, 0.05) is 31.8 Å². The molecule has 0 saturated carbocycles. The predicted molar refractivity (Wildman–Crippen MR) is 91.8 cm³/mol. The van der Waals surface area contributed by atoms with Gasteiger partial charge in [-0.05, 0) is 48.9 Å². The number of amides is 1. The Labute approximate surface area is 143 Å². The number of carbonyl (C=O) groups is 1. The number of fused-ring (bicyclic) bond motifs is 1. The molecule has 2 aromatic rings. The van der Waals surface area contributed by atoms with Crippen LogP contribution in [-0.2, 0) is 11.3 Å². The second kappa shape index (κ2) is 7.07. The molecule has 23 heavy (non-hydrogen) atoms. The zero-order valence-corrected chi connectivity index (χ0v) is 15.1. The Balaban J connectivity index is 1.80. The van der Waals surface area contributed by atoms with E-state index in [2.05, 4.69) is 33.2 Å². The van der Waals surface area contributed by atoms with E-state index in [0.717, 1.165) is 31.4 Å². The lowest BCUT2D eigenvalue weighted by molar-refractivity contribution is 0.0905. The summed E-state index contributed by atoms with van der Waals surface area (Å²) in [4.78, 5) is 15.0. The van der Waals surface area contributed by atoms with Gasteiger partial charge >= 0.3 is 0 Å². The highest BCUT2D eigenvalue weighted by Gasteiger charge is 2.23. The summed E-state index contributed by atoms with van der Waals surface area (Å²) in [5, 5.41) is 3.16. The lowest BCUT2D eigenvalue weighted by atomic mass is 10.1. The van der Waals surface area contributed by atoms with Crippen molar-refractivity contribution in [3.63, 3.8) is 0 Å². The zero-order chi connectivity index (χ0) is 16.4. The molecule has 1 saturated heterocycles. The maximum atomic E-state index is 12.7. The Hall–Kier alpha value is -1.31. The number of rotatable bonds is 5. The molecule has 2 aromatic heterocycles. The lowest BCUT2D eigenvalue weighted by Gasteiger charge is -2.29. The molecule has 0 aliphatic carbocycles. The van der Waals surface area contributed by atoms with E-state index in [4.69, 9.17) is 9.15 Å². The van der Waals surface area contributed by atoms with Crippen LogP contribution < -0.4 is 5.32 Å². The Bertz CT molecular complexity index is 686. The van der Waals surface area contributed by atoms with Gasteiger partial charge in [-0.15, -0.1) is 0 Å². The summed E-state index contributed by atoms with van der Waals surface area (Å²) in [6.07, 6.45) is 1.98. The minimum atomic E-state index is -0.0434. The van der Waals surface area contributed by atoms with Gasteiger partial charge in [-0.25, -0.2) is 0 Å². The number of halogens is 1. The number of hydrogen-bond donors (Lipinski definition) is 1. The van der Waals surface area contributed by atoms with Gasteiger partial charge in [0.1, 0.15) is 5.69 Å². The Kier molecular flexibility index (Phi) is 5.08. The number of piperidine rings is 1. The highest BCUT2D eigenvalue weighted by atomic mass is 79.9. The molecule has 126 valence electrons. The number of likely N-dealkylation sites (tertiary alicyclic amines) is 1. The maximum Gasteiger partial charge on any atom is 0.268 e. The lowest BCUT2D eigenvalue weighted by Crippen LogP contribution is -2.43. The Morgan fingerprint density at radius 3 is 2.87 bits per heavy atom. The molecule has 0 unspecified atom stereocenters. The number of ether oxygens (including phenoxy) is 1. The van der Waals surface area contributed by atoms with Gasteiger partial charge in [-0.3, -0.25) is 4.79 Å². The van der Waals surface area contributed by atoms with Gasteiger partial charge < -0.3 is 23.9 Å². The van der Waals surface area contributed by atoms with Crippen LogP contribution in [0.25, 0.3) is 11.1 Å². The fraction of sp³-hybridized carbons (Fsp3) is 0.562. The summed E-state index contributed by atoms with van der Waals surface area (Å²) in [5.41, 5.74) is 2.24. The van der Waals surface area contributed by atoms with Crippen LogP contribution in [0.15, 0.2) is 21.2 Å². The average molecular weight is 384 g/mol. The topological polar surface area (TPSA) is 59.6 Å². The molecule has 0 spiro atoms. The van der Waals surface area contributed by atoms with Crippen molar-refractivity contribution in [1.29, 1.82) is 0 Å². The summed E-state index contributed by atoms with van der Waals surface area (Å²) in [6.45, 7) is 3.19. The summed E-state index contributed by atoms with van der Waals surface area (Å²) in [5.74, 6) is -0.0434. The van der Waals surface area contributed by atoms with Crippen LogP contribution >= 0.6 is 15.9 Å². The molecule has 3 heterocycles. The van der Waals surface area contributed by atoms with Crippen molar-refractivity contribution in [3.8, 4) is 0 Å². The molecule has 6 nitrogen and oxygen atoms in total. The molecule has 7 heteroatoms. The van der Waals surface area contributed by atoms with Crippen molar-refractivity contribution in [3.05, 3.63) is 22.5 Å². The number of nitrogens with one attached hydrogen (secondary N) is 1. The van der Waals surface area contributed by atoms with Gasteiger partial charge in [-0.2, -0.15) is 0 Å². The van der Waals surface area contributed by atoms with Crippen molar-refractivity contribution < 1.29 is 13.9 Å². The SMILES string of the molecule is COCCn1c(C(=O)NC2CCN(C)CC2)cc2oc(Br)cc21. The van der Waals surface area contributed by atoms with Crippen LogP contribution in [-0.4, -0.2) is 55.3 Å². The third-order valence-corrected chi connectivity index (χ3v) is 4.76. The van der Waals surface area contributed by atoms with Crippen molar-refractivity contribution in [2.45, 2.75) is 25.4 Å². The van der Waals surface area contributed by atoms with Crippen LogP contribution in [0.3, 0.4) is 0 Å². The predicted octanol–water partition coefficient (Wildman–Crippen LogP) is 2.47. The zero-order valence-electron chi connectivity index (χ0n) is 13.5. The van der Waals surface area contributed by atoms with Gasteiger partial charge in [0.05, 0.1) is 12.1 Å². The standard InChI is InChI=1S/C16H22BrN3O3/c1-19-5-3-11(4-6-19)18-16(21)13-9-14-12(10-15(17)23-14)20(13)7-8-22-2/h9-11H,3-8H2,1-2H3,(H,18,21). The minimum absolute atomic E-state index is 0.0434. The first-order valence-electron chi connectivity index (χ1n) is 7.85. The number of nitrogens with zero attached hydrogens (tertiary/aromatic N) is 2. The van der Waals surface area contributed by atoms with Crippen molar-refractivity contribution in [2.75, 3.05) is 33.9 Å². The number of furan rings is 1. The van der Waals surface area contributed by atoms with E-state index in [9.17, 15) is 4.79 Å². The molecule has 0 radical (unpaired) electrons. The summed E-state index contributed by atoms with van der Waals surface area (Å²) >= 11 is 3.34. The molecule has 1 N–H and O–H groups in total. The Morgan fingerprint density at radius 1 is 1.43 bits per heavy atom. The number of aromatic nitrogens is 1.